The van der Waals surface area contributed by atoms with E-state index in [-0.39, 0.29) is 23.1 Å². The zero-order valence-corrected chi connectivity index (χ0v) is 19.2. The third-order valence-electron chi connectivity index (χ3n) is 5.78. The number of ether oxygens (including phenoxy) is 2. The van der Waals surface area contributed by atoms with E-state index in [2.05, 4.69) is 20.3 Å². The zero-order chi connectivity index (χ0) is 27.1. The number of aliphatic hydroxyl groups is 1. The number of aromatic amines is 1. The normalized spacial score (nSPS) is 17.7. The van der Waals surface area contributed by atoms with Gasteiger partial charge in [-0.15, -0.1) is 0 Å². The summed E-state index contributed by atoms with van der Waals surface area (Å²) in [4.78, 5) is 10.8. The number of H-pyrrole nitrogens is 1. The van der Waals surface area contributed by atoms with Crippen molar-refractivity contribution < 1.29 is 40.9 Å². The van der Waals surface area contributed by atoms with E-state index in [0.717, 1.165) is 24.3 Å². The highest BCUT2D eigenvalue weighted by atomic mass is 19.4. The Labute approximate surface area is 210 Å². The number of pyridine rings is 1. The number of benzene rings is 2. The van der Waals surface area contributed by atoms with E-state index in [4.69, 9.17) is 14.6 Å². The smallest absolute Gasteiger partial charge is 0.416 e. The predicted molar refractivity (Wildman–Crippen MR) is 126 cm³/mol. The van der Waals surface area contributed by atoms with Crippen molar-refractivity contribution in [1.82, 2.24) is 9.97 Å². The van der Waals surface area contributed by atoms with E-state index >= 15 is 0 Å². The Hall–Kier alpha value is -4.26. The minimum Gasteiger partial charge on any atom is -0.461 e. The fourth-order valence-corrected chi connectivity index (χ4v) is 3.81. The fraction of sp³-hybridized carbons (Fsp3) is 0.200. The summed E-state index contributed by atoms with van der Waals surface area (Å²) in [6.07, 6.45) is -1.66. The number of amidine groups is 1. The van der Waals surface area contributed by atoms with Gasteiger partial charge >= 0.3 is 6.18 Å². The molecular formula is C25H18F6N4O3. The predicted octanol–water partition coefficient (Wildman–Crippen LogP) is 5.82. The van der Waals surface area contributed by atoms with E-state index in [1.54, 1.807) is 0 Å². The Morgan fingerprint density at radius 3 is 2.42 bits per heavy atom. The minimum absolute atomic E-state index is 0.00735. The lowest BCUT2D eigenvalue weighted by atomic mass is 10.0. The molecule has 2 aromatic heterocycles. The Morgan fingerprint density at radius 2 is 1.82 bits per heavy atom. The van der Waals surface area contributed by atoms with Crippen LogP contribution in [0.5, 0.6) is 11.5 Å². The van der Waals surface area contributed by atoms with Crippen molar-refractivity contribution in [2.24, 2.45) is 4.99 Å². The number of halogens is 6. The molecule has 13 heteroatoms. The number of aromatic nitrogens is 2. The van der Waals surface area contributed by atoms with E-state index in [0.29, 0.717) is 16.5 Å². The first kappa shape index (κ1) is 25.4. The topological polar surface area (TPSA) is 91.8 Å². The van der Waals surface area contributed by atoms with Crippen LogP contribution < -0.4 is 10.1 Å². The summed E-state index contributed by atoms with van der Waals surface area (Å²) in [5.41, 5.74) is -1.85. The van der Waals surface area contributed by atoms with Gasteiger partial charge in [0.1, 0.15) is 18.0 Å². The molecule has 0 spiro atoms. The van der Waals surface area contributed by atoms with Crippen LogP contribution in [0.4, 0.5) is 32.0 Å². The van der Waals surface area contributed by atoms with Gasteiger partial charge in [-0.25, -0.2) is 23.1 Å². The number of hydrogen-bond donors (Lipinski definition) is 3. The first-order chi connectivity index (χ1) is 18.1. The van der Waals surface area contributed by atoms with Gasteiger partial charge in [0.25, 0.3) is 6.02 Å². The second kappa shape index (κ2) is 9.56. The Balaban J connectivity index is 1.43. The van der Waals surface area contributed by atoms with Crippen molar-refractivity contribution in [2.45, 2.75) is 11.8 Å². The van der Waals surface area contributed by atoms with Crippen LogP contribution in [0.3, 0.4) is 0 Å². The average Bonchev–Trinajstić information content (AvgIpc) is 3.32. The maximum Gasteiger partial charge on any atom is 0.416 e. The number of hydrogen-bond acceptors (Lipinski definition) is 6. The van der Waals surface area contributed by atoms with Gasteiger partial charge in [-0.1, -0.05) is 12.1 Å². The Kier molecular flexibility index (Phi) is 6.39. The maximum atomic E-state index is 14.9. The standard InChI is InChI=1S/C25H18F6N4O3/c26-17-7-15(35-23-34-10-24(28,11-36)12-37-23)8-18(27)21(17)38-19-5-6-32-22-20(19)16(9-33-22)13-1-3-14(4-2-13)25(29,30)31/h1-9,36H,10-12H2,(H,32,33)(H,34,35)/t24-/m1/s1. The van der Waals surface area contributed by atoms with Crippen LogP contribution in [0.2, 0.25) is 0 Å². The second-order valence-corrected chi connectivity index (χ2v) is 8.53. The lowest BCUT2D eigenvalue weighted by Crippen LogP contribution is -2.43. The molecule has 5 rings (SSSR count). The van der Waals surface area contributed by atoms with Crippen LogP contribution in [-0.4, -0.2) is 46.5 Å². The number of aliphatic imine (C=N–C) groups is 1. The molecule has 0 fully saturated rings. The molecule has 0 bridgehead atoms. The Morgan fingerprint density at radius 1 is 1.11 bits per heavy atom. The molecule has 0 saturated heterocycles. The van der Waals surface area contributed by atoms with Crippen LogP contribution in [0, 0.1) is 11.6 Å². The van der Waals surface area contributed by atoms with Crippen molar-refractivity contribution in [2.75, 3.05) is 25.1 Å². The van der Waals surface area contributed by atoms with Gasteiger partial charge in [-0.2, -0.15) is 13.2 Å². The van der Waals surface area contributed by atoms with Gasteiger partial charge in [0.05, 0.1) is 24.1 Å². The first-order valence-corrected chi connectivity index (χ1v) is 11.1. The molecule has 0 radical (unpaired) electrons. The summed E-state index contributed by atoms with van der Waals surface area (Å²) < 4.78 is 93.4. The number of anilines is 1. The number of nitrogens with zero attached hydrogens (tertiary/aromatic N) is 2. The van der Waals surface area contributed by atoms with E-state index in [1.165, 1.54) is 30.6 Å². The van der Waals surface area contributed by atoms with Crippen molar-refractivity contribution >= 4 is 22.7 Å². The van der Waals surface area contributed by atoms with E-state index in [1.807, 2.05) is 0 Å². The monoisotopic (exact) mass is 536 g/mol. The van der Waals surface area contributed by atoms with Gasteiger partial charge in [0, 0.05) is 35.8 Å². The molecule has 0 amide bonds. The third-order valence-corrected chi connectivity index (χ3v) is 5.78. The molecule has 0 aliphatic carbocycles. The molecule has 2 aromatic carbocycles. The van der Waals surface area contributed by atoms with Crippen LogP contribution in [-0.2, 0) is 10.9 Å². The van der Waals surface area contributed by atoms with Crippen molar-refractivity contribution in [1.29, 1.82) is 0 Å². The van der Waals surface area contributed by atoms with E-state index < -0.39 is 54.6 Å². The molecule has 3 heterocycles. The number of alkyl halides is 4. The summed E-state index contributed by atoms with van der Waals surface area (Å²) >= 11 is 0. The summed E-state index contributed by atoms with van der Waals surface area (Å²) in [7, 11) is 0. The number of aliphatic hydroxyl groups excluding tert-OH is 1. The minimum atomic E-state index is -4.50. The SMILES string of the molecule is OC[C@]1(F)CN=C(Nc2cc(F)c(Oc3ccnc4[nH]cc(-c5ccc(C(F)(F)F)cc5)c34)c(F)c2)OC1. The highest BCUT2D eigenvalue weighted by Gasteiger charge is 2.34. The number of fused-ring (bicyclic) bond motifs is 1. The van der Waals surface area contributed by atoms with Crippen LogP contribution in [0.25, 0.3) is 22.2 Å². The van der Waals surface area contributed by atoms with Gasteiger partial charge < -0.3 is 24.9 Å². The lowest BCUT2D eigenvalue weighted by Gasteiger charge is -2.26. The molecule has 7 nitrogen and oxygen atoms in total. The highest BCUT2D eigenvalue weighted by Crippen LogP contribution is 2.39. The quantitative estimate of drug-likeness (QED) is 0.280. The van der Waals surface area contributed by atoms with Crippen LogP contribution >= 0.6 is 0 Å². The molecule has 4 aromatic rings. The lowest BCUT2D eigenvalue weighted by molar-refractivity contribution is -0.137. The van der Waals surface area contributed by atoms with Crippen molar-refractivity contribution in [3.63, 3.8) is 0 Å². The Bertz CT molecular complexity index is 1500. The molecule has 1 aliphatic rings. The molecule has 1 atom stereocenters. The van der Waals surface area contributed by atoms with Gasteiger partial charge in [0.15, 0.2) is 23.1 Å². The van der Waals surface area contributed by atoms with Gasteiger partial charge in [0.2, 0.25) is 0 Å². The van der Waals surface area contributed by atoms with Gasteiger partial charge in [-0.05, 0) is 23.8 Å². The third kappa shape index (κ3) is 4.96. The molecular weight excluding hydrogens is 518 g/mol. The zero-order valence-electron chi connectivity index (χ0n) is 19.2. The van der Waals surface area contributed by atoms with Gasteiger partial charge in [-0.3, -0.25) is 0 Å². The summed E-state index contributed by atoms with van der Waals surface area (Å²) in [5.74, 6) is -2.91. The number of rotatable bonds is 5. The molecule has 0 saturated carbocycles. The summed E-state index contributed by atoms with van der Waals surface area (Å²) in [6, 6.07) is 7.41. The first-order valence-electron chi connectivity index (χ1n) is 11.1. The number of nitrogens with one attached hydrogen (secondary N) is 2. The summed E-state index contributed by atoms with van der Waals surface area (Å²) in [5, 5.41) is 11.9. The molecule has 3 N–H and O–H groups in total. The van der Waals surface area contributed by atoms with Crippen molar-refractivity contribution in [3.05, 3.63) is 72.1 Å². The largest absolute Gasteiger partial charge is 0.461 e. The van der Waals surface area contributed by atoms with Crippen molar-refractivity contribution in [3.8, 4) is 22.6 Å². The molecule has 1 aliphatic heterocycles. The molecule has 0 unspecified atom stereocenters. The fourth-order valence-electron chi connectivity index (χ4n) is 3.81. The maximum absolute atomic E-state index is 14.9. The summed E-state index contributed by atoms with van der Waals surface area (Å²) in [6.45, 7) is -1.67. The van der Waals surface area contributed by atoms with Crippen LogP contribution in [0.15, 0.2) is 59.9 Å². The average molecular weight is 536 g/mol. The highest BCUT2D eigenvalue weighted by molar-refractivity contribution is 5.98. The molecule has 38 heavy (non-hydrogen) atoms. The van der Waals surface area contributed by atoms with E-state index in [9.17, 15) is 26.3 Å². The second-order valence-electron chi connectivity index (χ2n) is 8.53. The molecule has 198 valence electrons. The van der Waals surface area contributed by atoms with Crippen LogP contribution in [0.1, 0.15) is 5.56 Å².